The Balaban J connectivity index is 1.99. The molecular formula is C18H19NO2S. The molecule has 0 saturated heterocycles. The average molecular weight is 313 g/mol. The van der Waals surface area contributed by atoms with E-state index in [9.17, 15) is 0 Å². The Morgan fingerprint density at radius 2 is 1.91 bits per heavy atom. The van der Waals surface area contributed by atoms with Gasteiger partial charge in [-0.15, -0.1) is 11.3 Å². The van der Waals surface area contributed by atoms with Crippen LogP contribution in [0.3, 0.4) is 0 Å². The Labute approximate surface area is 134 Å². The summed E-state index contributed by atoms with van der Waals surface area (Å²) in [6.07, 6.45) is 9.73. The highest BCUT2D eigenvalue weighted by molar-refractivity contribution is 7.07. The third-order valence-electron chi connectivity index (χ3n) is 3.79. The molecule has 0 unspecified atom stereocenters. The summed E-state index contributed by atoms with van der Waals surface area (Å²) < 4.78 is 11.2. The zero-order valence-corrected chi connectivity index (χ0v) is 13.7. The van der Waals surface area contributed by atoms with Gasteiger partial charge in [-0.1, -0.05) is 12.2 Å². The van der Waals surface area contributed by atoms with Crippen LogP contribution in [0, 0.1) is 0 Å². The molecule has 0 fully saturated rings. The quantitative estimate of drug-likeness (QED) is 0.787. The number of aromatic nitrogens is 1. The number of benzene rings is 1. The van der Waals surface area contributed by atoms with Gasteiger partial charge in [-0.3, -0.25) is 0 Å². The highest BCUT2D eigenvalue weighted by Gasteiger charge is 2.18. The molecule has 0 radical (unpaired) electrons. The fourth-order valence-electron chi connectivity index (χ4n) is 2.73. The molecular weight excluding hydrogens is 294 g/mol. The second-order valence-corrected chi connectivity index (χ2v) is 5.89. The number of rotatable bonds is 5. The maximum absolute atomic E-state index is 5.61. The van der Waals surface area contributed by atoms with Crippen molar-refractivity contribution in [3.63, 3.8) is 0 Å². The number of hydrogen-bond donors (Lipinski definition) is 0. The Kier molecular flexibility index (Phi) is 4.59. The van der Waals surface area contributed by atoms with Crippen LogP contribution in [0.5, 0.6) is 11.5 Å². The Morgan fingerprint density at radius 1 is 1.14 bits per heavy atom. The molecule has 1 aromatic heterocycles. The lowest BCUT2D eigenvalue weighted by Gasteiger charge is -2.15. The van der Waals surface area contributed by atoms with Crippen molar-refractivity contribution in [1.82, 2.24) is 4.98 Å². The highest BCUT2D eigenvalue weighted by Crippen LogP contribution is 2.41. The summed E-state index contributed by atoms with van der Waals surface area (Å²) in [6.45, 7) is 0. The second-order valence-electron chi connectivity index (χ2n) is 5.17. The standard InChI is InChI=1S/C18H19NO2S/c1-20-16-9-13(7-8-15-11-22-12-19-15)10-17(21-2)18(16)14-5-3-4-6-14/h5,7-12H,3-4,6H2,1-2H3. The molecule has 0 aliphatic heterocycles. The highest BCUT2D eigenvalue weighted by atomic mass is 32.1. The van der Waals surface area contributed by atoms with Crippen LogP contribution in [0.2, 0.25) is 0 Å². The zero-order chi connectivity index (χ0) is 15.4. The van der Waals surface area contributed by atoms with Crippen LogP contribution in [0.4, 0.5) is 0 Å². The van der Waals surface area contributed by atoms with Gasteiger partial charge in [0.15, 0.2) is 0 Å². The lowest BCUT2D eigenvalue weighted by atomic mass is 10.00. The van der Waals surface area contributed by atoms with E-state index in [0.717, 1.165) is 41.2 Å². The van der Waals surface area contributed by atoms with Crippen molar-refractivity contribution in [3.05, 3.63) is 45.9 Å². The van der Waals surface area contributed by atoms with E-state index >= 15 is 0 Å². The third kappa shape index (κ3) is 3.07. The van der Waals surface area contributed by atoms with Crippen LogP contribution in [0.25, 0.3) is 17.7 Å². The number of ether oxygens (including phenoxy) is 2. The van der Waals surface area contributed by atoms with Gasteiger partial charge in [0.25, 0.3) is 0 Å². The molecule has 1 aliphatic rings. The second kappa shape index (κ2) is 6.79. The number of allylic oxidation sites excluding steroid dienone is 2. The van der Waals surface area contributed by atoms with Gasteiger partial charge in [0.1, 0.15) is 11.5 Å². The first-order valence-electron chi connectivity index (χ1n) is 7.33. The molecule has 114 valence electrons. The van der Waals surface area contributed by atoms with E-state index in [1.54, 1.807) is 25.6 Å². The van der Waals surface area contributed by atoms with Gasteiger partial charge in [0, 0.05) is 5.38 Å². The number of methoxy groups -OCH3 is 2. The largest absolute Gasteiger partial charge is 0.496 e. The molecule has 4 heteroatoms. The van der Waals surface area contributed by atoms with E-state index in [0.29, 0.717) is 0 Å². The van der Waals surface area contributed by atoms with Crippen molar-refractivity contribution in [2.24, 2.45) is 0 Å². The molecule has 0 atom stereocenters. The SMILES string of the molecule is COc1cc(C=Cc2cscn2)cc(OC)c1C1=CCCC1. The van der Waals surface area contributed by atoms with Crippen molar-refractivity contribution in [2.45, 2.75) is 19.3 Å². The van der Waals surface area contributed by atoms with Crippen molar-refractivity contribution in [2.75, 3.05) is 14.2 Å². The average Bonchev–Trinajstić information content (AvgIpc) is 3.25. The predicted octanol–water partition coefficient (Wildman–Crippen LogP) is 4.90. The van der Waals surface area contributed by atoms with E-state index in [2.05, 4.69) is 23.2 Å². The van der Waals surface area contributed by atoms with E-state index in [4.69, 9.17) is 9.47 Å². The van der Waals surface area contributed by atoms with Gasteiger partial charge in [-0.2, -0.15) is 0 Å². The van der Waals surface area contributed by atoms with Gasteiger partial charge in [-0.05, 0) is 48.6 Å². The summed E-state index contributed by atoms with van der Waals surface area (Å²) in [5.41, 5.74) is 6.25. The van der Waals surface area contributed by atoms with Crippen LogP contribution in [0.15, 0.2) is 29.1 Å². The fourth-order valence-corrected chi connectivity index (χ4v) is 3.25. The minimum absolute atomic E-state index is 0.866. The normalized spacial score (nSPS) is 14.4. The minimum Gasteiger partial charge on any atom is -0.496 e. The Morgan fingerprint density at radius 3 is 2.45 bits per heavy atom. The van der Waals surface area contributed by atoms with E-state index in [1.165, 1.54) is 12.0 Å². The molecule has 0 amide bonds. The van der Waals surface area contributed by atoms with Crippen LogP contribution in [-0.2, 0) is 0 Å². The lowest BCUT2D eigenvalue weighted by Crippen LogP contribution is -1.97. The molecule has 22 heavy (non-hydrogen) atoms. The first-order valence-corrected chi connectivity index (χ1v) is 8.28. The molecule has 0 bridgehead atoms. The van der Waals surface area contributed by atoms with Gasteiger partial charge in [0.05, 0.1) is 31.0 Å². The number of hydrogen-bond acceptors (Lipinski definition) is 4. The number of thiazole rings is 1. The Hall–Kier alpha value is -2.07. The molecule has 3 nitrogen and oxygen atoms in total. The van der Waals surface area contributed by atoms with Crippen LogP contribution in [0.1, 0.15) is 36.1 Å². The molecule has 1 aliphatic carbocycles. The monoisotopic (exact) mass is 313 g/mol. The summed E-state index contributed by atoms with van der Waals surface area (Å²) >= 11 is 1.59. The lowest BCUT2D eigenvalue weighted by molar-refractivity contribution is 0.391. The predicted molar refractivity (Wildman–Crippen MR) is 92.4 cm³/mol. The van der Waals surface area contributed by atoms with E-state index in [1.807, 2.05) is 23.0 Å². The molecule has 1 heterocycles. The molecule has 3 rings (SSSR count). The third-order valence-corrected chi connectivity index (χ3v) is 4.39. The fraction of sp³-hybridized carbons (Fsp3) is 0.278. The van der Waals surface area contributed by atoms with Gasteiger partial charge in [0.2, 0.25) is 0 Å². The maximum atomic E-state index is 5.61. The van der Waals surface area contributed by atoms with Gasteiger partial charge < -0.3 is 9.47 Å². The minimum atomic E-state index is 0.866. The molecule has 2 aromatic rings. The summed E-state index contributed by atoms with van der Waals surface area (Å²) in [4.78, 5) is 4.26. The van der Waals surface area contributed by atoms with E-state index in [-0.39, 0.29) is 0 Å². The molecule has 0 N–H and O–H groups in total. The molecule has 0 saturated carbocycles. The van der Waals surface area contributed by atoms with Crippen molar-refractivity contribution < 1.29 is 9.47 Å². The topological polar surface area (TPSA) is 31.4 Å². The first kappa shape index (κ1) is 14.9. The summed E-state index contributed by atoms with van der Waals surface area (Å²) in [5.74, 6) is 1.73. The van der Waals surface area contributed by atoms with Crippen molar-refractivity contribution in [3.8, 4) is 11.5 Å². The summed E-state index contributed by atoms with van der Waals surface area (Å²) in [7, 11) is 3.42. The first-order chi connectivity index (χ1) is 10.8. The van der Waals surface area contributed by atoms with Crippen LogP contribution >= 0.6 is 11.3 Å². The molecule has 0 spiro atoms. The summed E-state index contributed by atoms with van der Waals surface area (Å²) in [6, 6.07) is 4.11. The molecule has 1 aromatic carbocycles. The van der Waals surface area contributed by atoms with Crippen LogP contribution in [-0.4, -0.2) is 19.2 Å². The number of nitrogens with zero attached hydrogens (tertiary/aromatic N) is 1. The van der Waals surface area contributed by atoms with E-state index < -0.39 is 0 Å². The maximum Gasteiger partial charge on any atom is 0.130 e. The van der Waals surface area contributed by atoms with Crippen molar-refractivity contribution >= 4 is 29.1 Å². The van der Waals surface area contributed by atoms with Crippen molar-refractivity contribution in [1.29, 1.82) is 0 Å². The van der Waals surface area contributed by atoms with Crippen LogP contribution < -0.4 is 9.47 Å². The zero-order valence-electron chi connectivity index (χ0n) is 12.8. The van der Waals surface area contributed by atoms with Gasteiger partial charge >= 0.3 is 0 Å². The Bertz CT molecular complexity index is 677. The smallest absolute Gasteiger partial charge is 0.130 e. The van der Waals surface area contributed by atoms with Gasteiger partial charge in [-0.25, -0.2) is 4.98 Å². The summed E-state index contributed by atoms with van der Waals surface area (Å²) in [5, 5.41) is 2.02.